The first-order chi connectivity index (χ1) is 11.3. The number of piperidine rings is 1. The molecule has 130 valence electrons. The molecular weight excluding hydrogens is 361 g/mol. The fourth-order valence-corrected chi connectivity index (χ4v) is 4.67. The highest BCUT2D eigenvalue weighted by Crippen LogP contribution is 2.26. The number of benzene rings is 1. The Morgan fingerprint density at radius 2 is 1.88 bits per heavy atom. The molecule has 1 aromatic carbocycles. The highest BCUT2D eigenvalue weighted by molar-refractivity contribution is 7.89. The molecule has 2 fully saturated rings. The summed E-state index contributed by atoms with van der Waals surface area (Å²) in [4.78, 5) is 24.5. The number of nitrogens with one attached hydrogen (secondary N) is 1. The Morgan fingerprint density at radius 3 is 2.42 bits per heavy atom. The van der Waals surface area contributed by atoms with E-state index in [0.29, 0.717) is 12.8 Å². The first kappa shape index (κ1) is 17.1. The molecule has 2 aliphatic heterocycles. The van der Waals surface area contributed by atoms with E-state index in [1.54, 1.807) is 0 Å². The minimum absolute atomic E-state index is 0.0224. The normalized spacial score (nSPS) is 20.5. The first-order valence-corrected chi connectivity index (χ1v) is 9.17. The van der Waals surface area contributed by atoms with Crippen molar-refractivity contribution in [3.8, 4) is 0 Å². The molecule has 0 saturated carbocycles. The zero-order chi connectivity index (χ0) is 17.5. The van der Waals surface area contributed by atoms with E-state index in [9.17, 15) is 22.4 Å². The number of nitrogens with zero attached hydrogens (tertiary/aromatic N) is 2. The number of sulfonamides is 1. The molecule has 3 rings (SSSR count). The molecule has 1 aromatic rings. The topological polar surface area (TPSA) is 86.8 Å². The van der Waals surface area contributed by atoms with Crippen molar-refractivity contribution in [2.24, 2.45) is 0 Å². The van der Waals surface area contributed by atoms with Crippen molar-refractivity contribution in [1.29, 1.82) is 0 Å². The van der Waals surface area contributed by atoms with E-state index in [1.807, 2.05) is 0 Å². The molecule has 2 saturated heterocycles. The second-order valence-electron chi connectivity index (χ2n) is 5.63. The molecule has 0 aromatic heterocycles. The third-order valence-corrected chi connectivity index (χ3v) is 6.38. The van der Waals surface area contributed by atoms with Crippen molar-refractivity contribution < 1.29 is 22.4 Å². The van der Waals surface area contributed by atoms with Crippen LogP contribution in [0, 0.1) is 5.82 Å². The molecule has 24 heavy (non-hydrogen) atoms. The quantitative estimate of drug-likeness (QED) is 0.804. The number of carbonyl (C=O) groups excluding carboxylic acids is 2. The third kappa shape index (κ3) is 2.99. The van der Waals surface area contributed by atoms with Gasteiger partial charge in [-0.05, 0) is 31.0 Å². The van der Waals surface area contributed by atoms with E-state index in [0.717, 1.165) is 12.1 Å². The molecule has 1 N–H and O–H groups in total. The second kappa shape index (κ2) is 6.30. The number of carbonyl (C=O) groups is 2. The minimum Gasteiger partial charge on any atom is -0.329 e. The predicted octanol–water partition coefficient (Wildman–Crippen LogP) is 1.18. The van der Waals surface area contributed by atoms with Crippen LogP contribution in [0.4, 0.5) is 9.18 Å². The van der Waals surface area contributed by atoms with Crippen LogP contribution in [0.25, 0.3) is 0 Å². The smallest absolute Gasteiger partial charge is 0.324 e. The molecule has 0 aliphatic carbocycles. The Bertz CT molecular complexity index is 777. The zero-order valence-corrected chi connectivity index (χ0v) is 14.1. The van der Waals surface area contributed by atoms with Crippen LogP contribution in [0.15, 0.2) is 23.1 Å². The lowest BCUT2D eigenvalue weighted by Gasteiger charge is -2.34. The molecule has 0 atom stereocenters. The molecule has 7 nitrogen and oxygen atoms in total. The van der Waals surface area contributed by atoms with Gasteiger partial charge in [-0.15, -0.1) is 0 Å². The van der Waals surface area contributed by atoms with Gasteiger partial charge in [0.2, 0.25) is 15.9 Å². The molecule has 0 unspecified atom stereocenters. The summed E-state index contributed by atoms with van der Waals surface area (Å²) in [5.41, 5.74) is 0. The fraction of sp³-hybridized carbons (Fsp3) is 0.429. The van der Waals surface area contributed by atoms with Gasteiger partial charge in [0, 0.05) is 19.1 Å². The standard InChI is InChI=1S/C14H15ClFN3O4S/c15-11-7-10(1-2-12(11)16)24(22,23)18-5-3-9(4-6-18)19-13(20)8-17-14(19)21/h1-2,7,9H,3-6,8H2,(H,17,21). The maximum absolute atomic E-state index is 13.2. The molecule has 10 heteroatoms. The van der Waals surface area contributed by atoms with E-state index in [-0.39, 0.29) is 41.5 Å². The summed E-state index contributed by atoms with van der Waals surface area (Å²) >= 11 is 5.65. The van der Waals surface area contributed by atoms with Gasteiger partial charge in [0.15, 0.2) is 0 Å². The fourth-order valence-electron chi connectivity index (χ4n) is 2.93. The van der Waals surface area contributed by atoms with Crippen molar-refractivity contribution in [3.05, 3.63) is 29.0 Å². The summed E-state index contributed by atoms with van der Waals surface area (Å²) in [5.74, 6) is -0.987. The van der Waals surface area contributed by atoms with Crippen LogP contribution < -0.4 is 5.32 Å². The van der Waals surface area contributed by atoms with Crippen LogP contribution in [-0.2, 0) is 14.8 Å². The highest BCUT2D eigenvalue weighted by Gasteiger charge is 2.38. The average Bonchev–Trinajstić information content (AvgIpc) is 2.89. The van der Waals surface area contributed by atoms with E-state index >= 15 is 0 Å². The molecular formula is C14H15ClFN3O4S. The monoisotopic (exact) mass is 375 g/mol. The lowest BCUT2D eigenvalue weighted by molar-refractivity contribution is -0.127. The number of rotatable bonds is 3. The van der Waals surface area contributed by atoms with E-state index in [1.165, 1.54) is 15.3 Å². The van der Waals surface area contributed by atoms with Gasteiger partial charge in [-0.1, -0.05) is 11.6 Å². The SMILES string of the molecule is O=C1CNC(=O)N1C1CCN(S(=O)(=O)c2ccc(F)c(Cl)c2)CC1. The Labute approximate surface area is 143 Å². The van der Waals surface area contributed by atoms with Gasteiger partial charge in [-0.2, -0.15) is 4.31 Å². The predicted molar refractivity (Wildman–Crippen MR) is 83.4 cm³/mol. The van der Waals surface area contributed by atoms with Crippen LogP contribution in [0.3, 0.4) is 0 Å². The Morgan fingerprint density at radius 1 is 1.21 bits per heavy atom. The van der Waals surface area contributed by atoms with Crippen molar-refractivity contribution in [2.45, 2.75) is 23.8 Å². The van der Waals surface area contributed by atoms with Crippen molar-refractivity contribution in [1.82, 2.24) is 14.5 Å². The van der Waals surface area contributed by atoms with Crippen LogP contribution in [0.5, 0.6) is 0 Å². The maximum atomic E-state index is 13.2. The van der Waals surface area contributed by atoms with Gasteiger partial charge in [-0.25, -0.2) is 17.6 Å². The Kier molecular flexibility index (Phi) is 4.50. The third-order valence-electron chi connectivity index (χ3n) is 4.20. The number of hydrogen-bond donors (Lipinski definition) is 1. The number of amides is 3. The molecule has 0 radical (unpaired) electrons. The van der Waals surface area contributed by atoms with Gasteiger partial charge in [0.25, 0.3) is 0 Å². The average molecular weight is 376 g/mol. The minimum atomic E-state index is -3.80. The van der Waals surface area contributed by atoms with Crippen molar-refractivity contribution in [3.63, 3.8) is 0 Å². The summed E-state index contributed by atoms with van der Waals surface area (Å²) < 4.78 is 39.7. The van der Waals surface area contributed by atoms with Gasteiger partial charge < -0.3 is 5.32 Å². The van der Waals surface area contributed by atoms with E-state index in [2.05, 4.69) is 5.32 Å². The maximum Gasteiger partial charge on any atom is 0.324 e. The largest absolute Gasteiger partial charge is 0.329 e. The number of halogens is 2. The second-order valence-corrected chi connectivity index (χ2v) is 7.98. The molecule has 0 bridgehead atoms. The zero-order valence-electron chi connectivity index (χ0n) is 12.5. The van der Waals surface area contributed by atoms with Crippen LogP contribution >= 0.6 is 11.6 Å². The van der Waals surface area contributed by atoms with Crippen molar-refractivity contribution in [2.75, 3.05) is 19.6 Å². The van der Waals surface area contributed by atoms with Gasteiger partial charge in [-0.3, -0.25) is 9.69 Å². The van der Waals surface area contributed by atoms with E-state index in [4.69, 9.17) is 11.6 Å². The lowest BCUT2D eigenvalue weighted by Crippen LogP contribution is -2.48. The Balaban J connectivity index is 1.72. The Hall–Kier alpha value is -1.71. The summed E-state index contributed by atoms with van der Waals surface area (Å²) in [7, 11) is -3.80. The molecule has 2 aliphatic rings. The van der Waals surface area contributed by atoms with Gasteiger partial charge >= 0.3 is 6.03 Å². The van der Waals surface area contributed by atoms with Crippen LogP contribution in [0.1, 0.15) is 12.8 Å². The molecule has 0 spiro atoms. The highest BCUT2D eigenvalue weighted by atomic mass is 35.5. The summed E-state index contributed by atoms with van der Waals surface area (Å²) in [6, 6.07) is 2.50. The number of hydrogen-bond acceptors (Lipinski definition) is 4. The van der Waals surface area contributed by atoms with Gasteiger partial charge in [0.1, 0.15) is 5.82 Å². The number of urea groups is 1. The summed E-state index contributed by atoms with van der Waals surface area (Å²) in [5, 5.41) is 2.19. The molecule has 3 amide bonds. The first-order valence-electron chi connectivity index (χ1n) is 7.36. The van der Waals surface area contributed by atoms with Crippen molar-refractivity contribution >= 4 is 33.6 Å². The van der Waals surface area contributed by atoms with Gasteiger partial charge in [0.05, 0.1) is 16.5 Å². The number of imide groups is 1. The van der Waals surface area contributed by atoms with Crippen LogP contribution in [0.2, 0.25) is 5.02 Å². The van der Waals surface area contributed by atoms with E-state index < -0.39 is 21.9 Å². The summed E-state index contributed by atoms with van der Waals surface area (Å²) in [6.45, 7) is 0.309. The molecule has 2 heterocycles. The van der Waals surface area contributed by atoms with Crippen LogP contribution in [-0.4, -0.2) is 55.2 Å². The lowest BCUT2D eigenvalue weighted by atomic mass is 10.1. The summed E-state index contributed by atoms with van der Waals surface area (Å²) in [6.07, 6.45) is 0.709.